The summed E-state index contributed by atoms with van der Waals surface area (Å²) in [4.78, 5) is 13.7. The molecule has 70 valence electrons. The predicted octanol–water partition coefficient (Wildman–Crippen LogP) is 1.86. The third kappa shape index (κ3) is 3.38. The maximum Gasteiger partial charge on any atom is 0.207 e. The summed E-state index contributed by atoms with van der Waals surface area (Å²) in [5, 5.41) is 10.5. The summed E-state index contributed by atoms with van der Waals surface area (Å²) in [6.07, 6.45) is 0.399. The highest BCUT2D eigenvalue weighted by atomic mass is 35.5. The normalized spacial score (nSPS) is 10.0. The summed E-state index contributed by atoms with van der Waals surface area (Å²) >= 11 is 5.68. The molecule has 13 heavy (non-hydrogen) atoms. The van der Waals surface area contributed by atoms with Gasteiger partial charge >= 0.3 is 0 Å². The van der Waals surface area contributed by atoms with Crippen molar-refractivity contribution in [2.24, 2.45) is 0 Å². The van der Waals surface area contributed by atoms with Crippen molar-refractivity contribution >= 4 is 11.6 Å². The predicted molar refractivity (Wildman–Crippen MR) is 49.5 cm³/mol. The Bertz CT molecular complexity index is 308. The number of nitro groups is 1. The molecule has 0 aliphatic rings. The monoisotopic (exact) mass is 200 g/mol. The molecule has 1 aromatic rings. The minimum Gasteiger partial charge on any atom is -0.265 e. The van der Waals surface area contributed by atoms with Gasteiger partial charge in [0.1, 0.15) is 5.15 Å². The van der Waals surface area contributed by atoms with E-state index in [-0.39, 0.29) is 11.5 Å². The van der Waals surface area contributed by atoms with E-state index in [4.69, 9.17) is 11.6 Å². The quantitative estimate of drug-likeness (QED) is 0.425. The second-order valence-electron chi connectivity index (χ2n) is 2.75. The van der Waals surface area contributed by atoms with Gasteiger partial charge in [0.05, 0.1) is 0 Å². The fourth-order valence-electron chi connectivity index (χ4n) is 1.06. The van der Waals surface area contributed by atoms with Crippen molar-refractivity contribution in [2.75, 3.05) is 6.54 Å². The zero-order chi connectivity index (χ0) is 9.84. The molecule has 1 heterocycles. The van der Waals surface area contributed by atoms with Crippen molar-refractivity contribution in [3.63, 3.8) is 0 Å². The highest BCUT2D eigenvalue weighted by Crippen LogP contribution is 2.10. The summed E-state index contributed by atoms with van der Waals surface area (Å²) in [5.41, 5.74) is 1.64. The van der Waals surface area contributed by atoms with E-state index in [9.17, 15) is 10.1 Å². The number of aryl methyl sites for hydroxylation is 1. The van der Waals surface area contributed by atoms with Gasteiger partial charge in [0, 0.05) is 17.0 Å². The van der Waals surface area contributed by atoms with E-state index in [0.29, 0.717) is 11.6 Å². The summed E-state index contributed by atoms with van der Waals surface area (Å²) < 4.78 is 0. The third-order valence-corrected chi connectivity index (χ3v) is 1.76. The SMILES string of the molecule is Cc1cc(CC[N+](=O)[O-])cc(Cl)n1. The first kappa shape index (κ1) is 9.92. The first-order valence-electron chi connectivity index (χ1n) is 3.83. The maximum absolute atomic E-state index is 10.1. The molecule has 1 aromatic heterocycles. The lowest BCUT2D eigenvalue weighted by Crippen LogP contribution is -2.04. The molecule has 0 saturated carbocycles. The molecule has 0 bridgehead atoms. The summed E-state index contributed by atoms with van der Waals surface area (Å²) in [6, 6.07) is 3.45. The molecular formula is C8H9ClN2O2. The van der Waals surface area contributed by atoms with E-state index in [1.807, 2.05) is 6.92 Å². The third-order valence-electron chi connectivity index (χ3n) is 1.56. The molecule has 0 aromatic carbocycles. The molecule has 5 heteroatoms. The van der Waals surface area contributed by atoms with Crippen LogP contribution in [0.2, 0.25) is 5.15 Å². The van der Waals surface area contributed by atoms with Crippen LogP contribution >= 0.6 is 11.6 Å². The zero-order valence-corrected chi connectivity index (χ0v) is 7.91. The molecule has 1 rings (SSSR count). The second kappa shape index (κ2) is 4.18. The first-order chi connectivity index (χ1) is 6.08. The van der Waals surface area contributed by atoms with Gasteiger partial charge in [0.2, 0.25) is 6.54 Å². The summed E-state index contributed by atoms with van der Waals surface area (Å²) in [6.45, 7) is 1.74. The Kier molecular flexibility index (Phi) is 3.19. The Morgan fingerprint density at radius 3 is 2.85 bits per heavy atom. The summed E-state index contributed by atoms with van der Waals surface area (Å²) in [7, 11) is 0. The molecule has 0 unspecified atom stereocenters. The Labute approximate surface area is 80.7 Å². The lowest BCUT2D eigenvalue weighted by atomic mass is 10.2. The van der Waals surface area contributed by atoms with Crippen LogP contribution in [0.15, 0.2) is 12.1 Å². The van der Waals surface area contributed by atoms with E-state index < -0.39 is 0 Å². The number of nitrogens with zero attached hydrogens (tertiary/aromatic N) is 2. The van der Waals surface area contributed by atoms with E-state index in [1.165, 1.54) is 0 Å². The van der Waals surface area contributed by atoms with Gasteiger partial charge in [0.25, 0.3) is 0 Å². The molecule has 4 nitrogen and oxygen atoms in total. The van der Waals surface area contributed by atoms with Crippen molar-refractivity contribution in [1.82, 2.24) is 4.98 Å². The fourth-order valence-corrected chi connectivity index (χ4v) is 1.33. The molecule has 0 aliphatic carbocycles. The molecule has 0 N–H and O–H groups in total. The molecule has 0 spiro atoms. The Hall–Kier alpha value is -1.16. The van der Waals surface area contributed by atoms with Gasteiger partial charge in [-0.05, 0) is 24.6 Å². The minimum absolute atomic E-state index is 0.0697. The number of hydrogen-bond acceptors (Lipinski definition) is 3. The topological polar surface area (TPSA) is 56.0 Å². The average Bonchev–Trinajstić information content (AvgIpc) is 1.99. The molecule has 0 aliphatic heterocycles. The minimum atomic E-state index is -0.344. The molecular weight excluding hydrogens is 192 g/mol. The molecule has 0 amide bonds. The van der Waals surface area contributed by atoms with Crippen molar-refractivity contribution in [1.29, 1.82) is 0 Å². The van der Waals surface area contributed by atoms with Crippen LogP contribution in [-0.4, -0.2) is 16.5 Å². The van der Waals surface area contributed by atoms with Gasteiger partial charge in [-0.25, -0.2) is 4.98 Å². The number of rotatable bonds is 3. The van der Waals surface area contributed by atoms with Crippen molar-refractivity contribution < 1.29 is 4.92 Å². The van der Waals surface area contributed by atoms with E-state index in [2.05, 4.69) is 4.98 Å². The van der Waals surface area contributed by atoms with Crippen LogP contribution in [0.5, 0.6) is 0 Å². The standard InChI is InChI=1S/C8H9ClN2O2/c1-6-4-7(2-3-11(12)13)5-8(9)10-6/h4-5H,2-3H2,1H3. The van der Waals surface area contributed by atoms with Gasteiger partial charge in [-0.2, -0.15) is 0 Å². The van der Waals surface area contributed by atoms with Gasteiger partial charge in [-0.1, -0.05) is 11.6 Å². The Morgan fingerprint density at radius 1 is 1.62 bits per heavy atom. The number of aromatic nitrogens is 1. The molecule has 0 atom stereocenters. The maximum atomic E-state index is 10.1. The highest BCUT2D eigenvalue weighted by molar-refractivity contribution is 6.29. The molecule has 0 fully saturated rings. The second-order valence-corrected chi connectivity index (χ2v) is 3.13. The Balaban J connectivity index is 2.71. The summed E-state index contributed by atoms with van der Waals surface area (Å²) in [5.74, 6) is 0. The lowest BCUT2D eigenvalue weighted by molar-refractivity contribution is -0.479. The van der Waals surface area contributed by atoms with E-state index in [1.54, 1.807) is 12.1 Å². The van der Waals surface area contributed by atoms with Crippen LogP contribution < -0.4 is 0 Å². The molecule has 0 radical (unpaired) electrons. The fraction of sp³-hybridized carbons (Fsp3) is 0.375. The van der Waals surface area contributed by atoms with Crippen LogP contribution in [0.3, 0.4) is 0 Å². The van der Waals surface area contributed by atoms with Gasteiger partial charge in [-0.15, -0.1) is 0 Å². The van der Waals surface area contributed by atoms with Crippen LogP contribution in [-0.2, 0) is 6.42 Å². The van der Waals surface area contributed by atoms with Crippen molar-refractivity contribution in [3.05, 3.63) is 38.7 Å². The molecule has 0 saturated heterocycles. The van der Waals surface area contributed by atoms with Gasteiger partial charge in [0.15, 0.2) is 0 Å². The first-order valence-corrected chi connectivity index (χ1v) is 4.20. The van der Waals surface area contributed by atoms with Gasteiger partial charge < -0.3 is 0 Å². The zero-order valence-electron chi connectivity index (χ0n) is 7.16. The van der Waals surface area contributed by atoms with Crippen LogP contribution in [0.25, 0.3) is 0 Å². The van der Waals surface area contributed by atoms with Crippen molar-refractivity contribution in [3.8, 4) is 0 Å². The largest absolute Gasteiger partial charge is 0.265 e. The van der Waals surface area contributed by atoms with Crippen LogP contribution in [0.1, 0.15) is 11.3 Å². The van der Waals surface area contributed by atoms with E-state index in [0.717, 1.165) is 11.3 Å². The van der Waals surface area contributed by atoms with Crippen LogP contribution in [0, 0.1) is 17.0 Å². The Morgan fingerprint density at radius 2 is 2.31 bits per heavy atom. The van der Waals surface area contributed by atoms with Crippen LogP contribution in [0.4, 0.5) is 0 Å². The lowest BCUT2D eigenvalue weighted by Gasteiger charge is -1.99. The average molecular weight is 201 g/mol. The van der Waals surface area contributed by atoms with E-state index >= 15 is 0 Å². The van der Waals surface area contributed by atoms with Crippen molar-refractivity contribution in [2.45, 2.75) is 13.3 Å². The van der Waals surface area contributed by atoms with Gasteiger partial charge in [-0.3, -0.25) is 10.1 Å². The number of halogens is 1. The smallest absolute Gasteiger partial charge is 0.207 e. The number of pyridine rings is 1. The highest BCUT2D eigenvalue weighted by Gasteiger charge is 2.02. The number of hydrogen-bond donors (Lipinski definition) is 0.